The van der Waals surface area contributed by atoms with Gasteiger partial charge in [-0.1, -0.05) is 32.0 Å². The van der Waals surface area contributed by atoms with E-state index in [4.69, 9.17) is 9.72 Å². The molecule has 2 aliphatic heterocycles. The Bertz CT molecular complexity index is 1080. The zero-order valence-electron chi connectivity index (χ0n) is 16.7. The van der Waals surface area contributed by atoms with Gasteiger partial charge in [-0.2, -0.15) is 0 Å². The van der Waals surface area contributed by atoms with E-state index in [0.29, 0.717) is 18.8 Å². The fraction of sp³-hybridized carbons (Fsp3) is 0.348. The minimum Gasteiger partial charge on any atom is -0.488 e. The molecule has 29 heavy (non-hydrogen) atoms. The predicted octanol–water partition coefficient (Wildman–Crippen LogP) is 3.16. The molecule has 1 aromatic carbocycles. The van der Waals surface area contributed by atoms with Gasteiger partial charge in [-0.15, -0.1) is 0 Å². The second kappa shape index (κ2) is 6.72. The van der Waals surface area contributed by atoms with Crippen LogP contribution >= 0.6 is 0 Å². The highest BCUT2D eigenvalue weighted by atomic mass is 16.5. The van der Waals surface area contributed by atoms with Crippen LogP contribution in [0.5, 0.6) is 5.75 Å². The third-order valence-electron chi connectivity index (χ3n) is 5.59. The summed E-state index contributed by atoms with van der Waals surface area (Å²) >= 11 is 0. The molecule has 1 unspecified atom stereocenters. The predicted molar refractivity (Wildman–Crippen MR) is 112 cm³/mol. The summed E-state index contributed by atoms with van der Waals surface area (Å²) in [5.74, 6) is 1.69. The maximum absolute atomic E-state index is 13.0. The molecule has 5 rings (SSSR count). The number of hydrogen-bond donors (Lipinski definition) is 0. The van der Waals surface area contributed by atoms with Crippen molar-refractivity contribution in [3.63, 3.8) is 0 Å². The van der Waals surface area contributed by atoms with Gasteiger partial charge in [-0.3, -0.25) is 14.3 Å². The number of benzene rings is 1. The summed E-state index contributed by atoms with van der Waals surface area (Å²) in [4.78, 5) is 24.1. The Hall–Kier alpha value is -3.15. The van der Waals surface area contributed by atoms with Crippen molar-refractivity contribution >= 4 is 5.95 Å². The maximum atomic E-state index is 13.0. The molecule has 6 heteroatoms. The van der Waals surface area contributed by atoms with Gasteiger partial charge in [-0.25, -0.2) is 4.98 Å². The fourth-order valence-corrected chi connectivity index (χ4v) is 4.37. The molecular weight excluding hydrogens is 364 g/mol. The van der Waals surface area contributed by atoms with Gasteiger partial charge in [0.05, 0.1) is 12.2 Å². The number of para-hydroxylation sites is 1. The highest BCUT2D eigenvalue weighted by molar-refractivity contribution is 5.59. The normalized spacial score (nSPS) is 19.4. The first kappa shape index (κ1) is 17.9. The molecule has 0 saturated carbocycles. The van der Waals surface area contributed by atoms with Crippen LogP contribution in [-0.4, -0.2) is 33.7 Å². The molecule has 148 valence electrons. The number of anilines is 1. The van der Waals surface area contributed by atoms with E-state index in [1.807, 2.05) is 30.3 Å². The highest BCUT2D eigenvalue weighted by Gasteiger charge is 2.35. The monoisotopic (exact) mass is 388 g/mol. The van der Waals surface area contributed by atoms with Crippen LogP contribution in [0.1, 0.15) is 19.4 Å². The van der Waals surface area contributed by atoms with E-state index < -0.39 is 0 Å². The van der Waals surface area contributed by atoms with E-state index in [-0.39, 0.29) is 17.1 Å². The smallest absolute Gasteiger partial charge is 0.255 e. The molecule has 6 nitrogen and oxygen atoms in total. The topological polar surface area (TPSA) is 60.2 Å². The molecule has 0 fully saturated rings. The van der Waals surface area contributed by atoms with Crippen LogP contribution in [0.2, 0.25) is 0 Å². The van der Waals surface area contributed by atoms with Gasteiger partial charge in [0.1, 0.15) is 11.9 Å². The largest absolute Gasteiger partial charge is 0.488 e. The fourth-order valence-electron chi connectivity index (χ4n) is 4.37. The van der Waals surface area contributed by atoms with Gasteiger partial charge in [0.2, 0.25) is 5.95 Å². The first-order chi connectivity index (χ1) is 14.0. The van der Waals surface area contributed by atoms with Gasteiger partial charge in [0.15, 0.2) is 0 Å². The Morgan fingerprint density at radius 2 is 1.93 bits per heavy atom. The van der Waals surface area contributed by atoms with Gasteiger partial charge < -0.3 is 9.64 Å². The van der Waals surface area contributed by atoms with Crippen molar-refractivity contribution < 1.29 is 4.74 Å². The Morgan fingerprint density at radius 3 is 2.72 bits per heavy atom. The summed E-state index contributed by atoms with van der Waals surface area (Å²) < 4.78 is 7.97. The first-order valence-electron chi connectivity index (χ1n) is 10.0. The van der Waals surface area contributed by atoms with Crippen molar-refractivity contribution in [1.82, 2.24) is 14.5 Å². The molecular formula is C23H24N4O2. The van der Waals surface area contributed by atoms with E-state index in [0.717, 1.165) is 30.2 Å². The molecule has 2 aliphatic rings. The van der Waals surface area contributed by atoms with E-state index >= 15 is 0 Å². The van der Waals surface area contributed by atoms with Crippen LogP contribution in [0.3, 0.4) is 0 Å². The Balaban J connectivity index is 1.51. The minimum absolute atomic E-state index is 0.0183. The standard InChI is InChI=1S/C23H24N4O2/c1-23(2)14-26(13-18-11-17-5-3-4-6-20(17)29-18)22-25-19(12-21(28)27(22)15-23)16-7-9-24-10-8-16/h3-10,12,18H,11,13-15H2,1-2H3. The van der Waals surface area contributed by atoms with E-state index in [9.17, 15) is 4.79 Å². The molecule has 0 aliphatic carbocycles. The van der Waals surface area contributed by atoms with E-state index in [1.54, 1.807) is 23.0 Å². The minimum atomic E-state index is -0.0256. The number of aromatic nitrogens is 3. The van der Waals surface area contributed by atoms with Gasteiger partial charge in [-0.05, 0) is 23.8 Å². The average Bonchev–Trinajstić information content (AvgIpc) is 3.11. The quantitative estimate of drug-likeness (QED) is 0.690. The number of pyridine rings is 1. The molecule has 2 aromatic heterocycles. The van der Waals surface area contributed by atoms with Crippen molar-refractivity contribution in [2.24, 2.45) is 5.41 Å². The van der Waals surface area contributed by atoms with Crippen LogP contribution in [-0.2, 0) is 13.0 Å². The molecule has 3 aromatic rings. The van der Waals surface area contributed by atoms with Crippen molar-refractivity contribution in [2.75, 3.05) is 18.0 Å². The van der Waals surface area contributed by atoms with Crippen LogP contribution in [0, 0.1) is 5.41 Å². The Morgan fingerprint density at radius 1 is 1.14 bits per heavy atom. The number of fused-ring (bicyclic) bond motifs is 2. The van der Waals surface area contributed by atoms with E-state index in [2.05, 4.69) is 29.8 Å². The number of rotatable bonds is 3. The lowest BCUT2D eigenvalue weighted by Gasteiger charge is -2.41. The summed E-state index contributed by atoms with van der Waals surface area (Å²) in [6.07, 6.45) is 4.37. The zero-order valence-corrected chi connectivity index (χ0v) is 16.7. The van der Waals surface area contributed by atoms with Crippen molar-refractivity contribution in [3.05, 3.63) is 70.8 Å². The second-order valence-electron chi connectivity index (χ2n) is 8.70. The molecule has 0 N–H and O–H groups in total. The third kappa shape index (κ3) is 3.39. The number of nitrogens with zero attached hydrogens (tertiary/aromatic N) is 4. The molecule has 4 heterocycles. The van der Waals surface area contributed by atoms with Gasteiger partial charge in [0.25, 0.3) is 5.56 Å². The lowest BCUT2D eigenvalue weighted by molar-refractivity contribution is 0.214. The molecule has 0 amide bonds. The number of ether oxygens (including phenoxy) is 1. The lowest BCUT2D eigenvalue weighted by atomic mass is 9.90. The van der Waals surface area contributed by atoms with Crippen LogP contribution in [0.25, 0.3) is 11.3 Å². The van der Waals surface area contributed by atoms with Gasteiger partial charge in [0, 0.05) is 48.9 Å². The summed E-state index contributed by atoms with van der Waals surface area (Å²) in [6, 6.07) is 13.6. The number of hydrogen-bond acceptors (Lipinski definition) is 5. The summed E-state index contributed by atoms with van der Waals surface area (Å²) in [7, 11) is 0. The highest BCUT2D eigenvalue weighted by Crippen LogP contribution is 2.33. The molecule has 0 saturated heterocycles. The van der Waals surface area contributed by atoms with Crippen LogP contribution in [0.4, 0.5) is 5.95 Å². The Labute approximate surface area is 169 Å². The Kier molecular flexibility index (Phi) is 4.15. The van der Waals surface area contributed by atoms with Gasteiger partial charge >= 0.3 is 0 Å². The van der Waals surface area contributed by atoms with Crippen LogP contribution in [0.15, 0.2) is 59.7 Å². The SMILES string of the molecule is CC1(C)CN(CC2Cc3ccccc3O2)c2nc(-c3ccncc3)cc(=O)n2C1. The second-order valence-corrected chi connectivity index (χ2v) is 8.70. The average molecular weight is 388 g/mol. The maximum Gasteiger partial charge on any atom is 0.255 e. The summed E-state index contributed by atoms with van der Waals surface area (Å²) in [6.45, 7) is 6.57. The summed E-state index contributed by atoms with van der Waals surface area (Å²) in [5.41, 5.74) is 2.78. The van der Waals surface area contributed by atoms with Crippen molar-refractivity contribution in [2.45, 2.75) is 32.9 Å². The van der Waals surface area contributed by atoms with Crippen LogP contribution < -0.4 is 15.2 Å². The zero-order chi connectivity index (χ0) is 20.0. The third-order valence-corrected chi connectivity index (χ3v) is 5.59. The lowest BCUT2D eigenvalue weighted by Crippen LogP contribution is -2.50. The first-order valence-corrected chi connectivity index (χ1v) is 10.0. The van der Waals surface area contributed by atoms with E-state index in [1.165, 1.54) is 5.56 Å². The van der Waals surface area contributed by atoms with Crippen molar-refractivity contribution in [1.29, 1.82) is 0 Å². The molecule has 0 spiro atoms. The van der Waals surface area contributed by atoms with Crippen molar-refractivity contribution in [3.8, 4) is 17.0 Å². The molecule has 0 radical (unpaired) electrons. The summed E-state index contributed by atoms with van der Waals surface area (Å²) in [5, 5.41) is 0. The molecule has 1 atom stereocenters. The molecule has 0 bridgehead atoms.